The number of terminal acetylenes is 1. The topological polar surface area (TPSA) is 4.93 Å². The first-order valence-electron chi connectivity index (χ1n) is 5.38. The summed E-state index contributed by atoms with van der Waals surface area (Å²) in [7, 11) is 0. The fourth-order valence-corrected chi connectivity index (χ4v) is 1.88. The Balaban J connectivity index is 2.30. The molecule has 0 unspecified atom stereocenters. The molecule has 0 amide bonds. The number of rotatable bonds is 3. The van der Waals surface area contributed by atoms with E-state index in [4.69, 9.17) is 6.42 Å². The van der Waals surface area contributed by atoms with Crippen molar-refractivity contribution in [3.05, 3.63) is 23.5 Å². The molecule has 1 aromatic rings. The molecule has 0 aliphatic heterocycles. The van der Waals surface area contributed by atoms with Gasteiger partial charge in [0.1, 0.15) is 0 Å². The van der Waals surface area contributed by atoms with E-state index in [9.17, 15) is 0 Å². The van der Waals surface area contributed by atoms with E-state index in [1.165, 1.54) is 18.5 Å². The maximum Gasteiger partial charge on any atom is 0.0919 e. The van der Waals surface area contributed by atoms with Crippen LogP contribution in [0.15, 0.2) is 12.1 Å². The molecule has 1 aliphatic rings. The van der Waals surface area contributed by atoms with Gasteiger partial charge in [0.05, 0.1) is 5.69 Å². The molecule has 0 radical (unpaired) electrons. The molecule has 0 bridgehead atoms. The van der Waals surface area contributed by atoms with Gasteiger partial charge >= 0.3 is 0 Å². The standard InChI is InChI=1S/C13H17N/c1-4-12-7-8-13(10(2)3)14(12)9-11-5-6-11/h1,7-8,10-11H,5-6,9H2,2-3H3. The minimum Gasteiger partial charge on any atom is -0.338 e. The van der Waals surface area contributed by atoms with Crippen LogP contribution in [0.4, 0.5) is 0 Å². The van der Waals surface area contributed by atoms with E-state index in [0.29, 0.717) is 5.92 Å². The Labute approximate surface area is 86.1 Å². The third-order valence-electron chi connectivity index (χ3n) is 2.89. The lowest BCUT2D eigenvalue weighted by Crippen LogP contribution is -2.07. The lowest BCUT2D eigenvalue weighted by molar-refractivity contribution is 0.582. The van der Waals surface area contributed by atoms with Crippen LogP contribution < -0.4 is 0 Å². The summed E-state index contributed by atoms with van der Waals surface area (Å²) in [6.45, 7) is 5.57. The Morgan fingerprint density at radius 2 is 2.21 bits per heavy atom. The summed E-state index contributed by atoms with van der Waals surface area (Å²) in [5.41, 5.74) is 2.42. The molecule has 74 valence electrons. The summed E-state index contributed by atoms with van der Waals surface area (Å²) in [5.74, 6) is 4.21. The second-order valence-corrected chi connectivity index (χ2v) is 4.50. The largest absolute Gasteiger partial charge is 0.338 e. The van der Waals surface area contributed by atoms with Crippen molar-refractivity contribution in [2.24, 2.45) is 5.92 Å². The van der Waals surface area contributed by atoms with Crippen molar-refractivity contribution in [2.45, 2.75) is 39.2 Å². The van der Waals surface area contributed by atoms with Gasteiger partial charge < -0.3 is 4.57 Å². The predicted octanol–water partition coefficient (Wildman–Crippen LogP) is 3.00. The minimum atomic E-state index is 0.566. The molecule has 1 heterocycles. The SMILES string of the molecule is C#Cc1ccc(C(C)C)n1CC1CC1. The van der Waals surface area contributed by atoms with Crippen LogP contribution in [0.25, 0.3) is 0 Å². The normalized spacial score (nSPS) is 15.9. The minimum absolute atomic E-state index is 0.566. The molecule has 0 atom stereocenters. The molecule has 1 nitrogen and oxygen atoms in total. The van der Waals surface area contributed by atoms with Crippen molar-refractivity contribution < 1.29 is 0 Å². The fraction of sp³-hybridized carbons (Fsp3) is 0.538. The molecule has 14 heavy (non-hydrogen) atoms. The van der Waals surface area contributed by atoms with Crippen molar-refractivity contribution >= 4 is 0 Å². The van der Waals surface area contributed by atoms with E-state index in [0.717, 1.165) is 18.2 Å². The zero-order valence-electron chi connectivity index (χ0n) is 8.96. The Kier molecular flexibility index (Phi) is 2.37. The first-order chi connectivity index (χ1) is 6.72. The highest BCUT2D eigenvalue weighted by Gasteiger charge is 2.23. The maximum absolute atomic E-state index is 5.49. The molecule has 1 fully saturated rings. The summed E-state index contributed by atoms with van der Waals surface area (Å²) in [5, 5.41) is 0. The maximum atomic E-state index is 5.49. The van der Waals surface area contributed by atoms with E-state index in [-0.39, 0.29) is 0 Å². The van der Waals surface area contributed by atoms with E-state index in [2.05, 4.69) is 36.5 Å². The number of nitrogens with zero attached hydrogens (tertiary/aromatic N) is 1. The second-order valence-electron chi connectivity index (χ2n) is 4.50. The average Bonchev–Trinajstić information content (AvgIpc) is 2.84. The summed E-state index contributed by atoms with van der Waals surface area (Å²) in [6.07, 6.45) is 8.24. The third-order valence-corrected chi connectivity index (χ3v) is 2.89. The highest BCUT2D eigenvalue weighted by molar-refractivity contribution is 5.31. The third kappa shape index (κ3) is 1.70. The quantitative estimate of drug-likeness (QED) is 0.641. The average molecular weight is 187 g/mol. The highest BCUT2D eigenvalue weighted by atomic mass is 15.0. The van der Waals surface area contributed by atoms with Gasteiger partial charge in [0.25, 0.3) is 0 Å². The van der Waals surface area contributed by atoms with Crippen LogP contribution >= 0.6 is 0 Å². The van der Waals surface area contributed by atoms with Crippen LogP contribution in [0.3, 0.4) is 0 Å². The van der Waals surface area contributed by atoms with Crippen LogP contribution in [-0.2, 0) is 6.54 Å². The molecule has 0 saturated heterocycles. The Morgan fingerprint density at radius 1 is 1.50 bits per heavy atom. The van der Waals surface area contributed by atoms with Crippen molar-refractivity contribution in [2.75, 3.05) is 0 Å². The first kappa shape index (κ1) is 9.40. The van der Waals surface area contributed by atoms with E-state index >= 15 is 0 Å². The van der Waals surface area contributed by atoms with Crippen LogP contribution in [0, 0.1) is 18.3 Å². The predicted molar refractivity (Wildman–Crippen MR) is 59.2 cm³/mol. The summed E-state index contributed by atoms with van der Waals surface area (Å²) >= 11 is 0. The van der Waals surface area contributed by atoms with Gasteiger partial charge in [0.15, 0.2) is 0 Å². The van der Waals surface area contributed by atoms with Crippen LogP contribution in [0.2, 0.25) is 0 Å². The lowest BCUT2D eigenvalue weighted by atomic mass is 10.1. The van der Waals surface area contributed by atoms with Crippen molar-refractivity contribution in [3.63, 3.8) is 0 Å². The van der Waals surface area contributed by atoms with Crippen LogP contribution in [0.5, 0.6) is 0 Å². The number of hydrogen-bond acceptors (Lipinski definition) is 0. The molecule has 0 N–H and O–H groups in total. The molecule has 0 aromatic carbocycles. The van der Waals surface area contributed by atoms with Crippen LogP contribution in [-0.4, -0.2) is 4.57 Å². The molecule has 0 spiro atoms. The van der Waals surface area contributed by atoms with Gasteiger partial charge in [-0.2, -0.15) is 0 Å². The second kappa shape index (κ2) is 3.53. The highest BCUT2D eigenvalue weighted by Crippen LogP contribution is 2.32. The molecular weight excluding hydrogens is 170 g/mol. The van der Waals surface area contributed by atoms with Crippen molar-refractivity contribution in [1.29, 1.82) is 0 Å². The molecule has 2 rings (SSSR count). The van der Waals surface area contributed by atoms with Gasteiger partial charge in [-0.1, -0.05) is 19.8 Å². The molecule has 1 heteroatoms. The van der Waals surface area contributed by atoms with Gasteiger partial charge in [-0.15, -0.1) is 6.42 Å². The smallest absolute Gasteiger partial charge is 0.0919 e. The van der Waals surface area contributed by atoms with Gasteiger partial charge in [-0.05, 0) is 36.8 Å². The first-order valence-corrected chi connectivity index (χ1v) is 5.38. The number of aromatic nitrogens is 1. The number of hydrogen-bond donors (Lipinski definition) is 0. The van der Waals surface area contributed by atoms with E-state index < -0.39 is 0 Å². The van der Waals surface area contributed by atoms with Crippen molar-refractivity contribution in [1.82, 2.24) is 4.57 Å². The van der Waals surface area contributed by atoms with Gasteiger partial charge in [0, 0.05) is 12.2 Å². The zero-order chi connectivity index (χ0) is 10.1. The molecule has 1 saturated carbocycles. The van der Waals surface area contributed by atoms with Crippen LogP contribution in [0.1, 0.15) is 44.0 Å². The van der Waals surface area contributed by atoms with Gasteiger partial charge in [-0.3, -0.25) is 0 Å². The van der Waals surface area contributed by atoms with Gasteiger partial charge in [-0.25, -0.2) is 0 Å². The van der Waals surface area contributed by atoms with E-state index in [1.54, 1.807) is 0 Å². The Bertz CT molecular complexity index is 361. The Morgan fingerprint density at radius 3 is 2.71 bits per heavy atom. The molecule has 1 aliphatic carbocycles. The zero-order valence-corrected chi connectivity index (χ0v) is 8.96. The summed E-state index contributed by atoms with van der Waals surface area (Å²) in [4.78, 5) is 0. The summed E-state index contributed by atoms with van der Waals surface area (Å²) < 4.78 is 2.32. The summed E-state index contributed by atoms with van der Waals surface area (Å²) in [6, 6.07) is 4.24. The monoisotopic (exact) mass is 187 g/mol. The van der Waals surface area contributed by atoms with Crippen molar-refractivity contribution in [3.8, 4) is 12.3 Å². The molecular formula is C13H17N. The van der Waals surface area contributed by atoms with E-state index in [1.807, 2.05) is 0 Å². The Hall–Kier alpha value is -1.16. The lowest BCUT2D eigenvalue weighted by Gasteiger charge is -2.12. The fourth-order valence-electron chi connectivity index (χ4n) is 1.88. The molecule has 1 aromatic heterocycles. The van der Waals surface area contributed by atoms with Gasteiger partial charge in [0.2, 0.25) is 0 Å².